The van der Waals surface area contributed by atoms with Crippen LogP contribution in [-0.4, -0.2) is 63.2 Å². The molecule has 0 saturated carbocycles. The average Bonchev–Trinajstić information content (AvgIpc) is 2.31. The van der Waals surface area contributed by atoms with E-state index in [1.165, 1.54) is 0 Å². The molecule has 0 aromatic heterocycles. The zero-order chi connectivity index (χ0) is 14.0. The summed E-state index contributed by atoms with van der Waals surface area (Å²) >= 11 is 0. The van der Waals surface area contributed by atoms with E-state index in [0.29, 0.717) is 25.3 Å². The molecule has 0 radical (unpaired) electrons. The molecule has 110 valence electrons. The summed E-state index contributed by atoms with van der Waals surface area (Å²) in [5.41, 5.74) is 0. The van der Waals surface area contributed by atoms with Gasteiger partial charge in [0.15, 0.2) is 0 Å². The Morgan fingerprint density at radius 2 is 1.72 bits per heavy atom. The molecule has 0 spiro atoms. The standard InChI is InChI=1S/C14H31NO3/c1-7-17-10-14(11-18-13(4)5)15(12(2)3)8-9-16-6/h12-14H,7-11H2,1-6H3. The average molecular weight is 261 g/mol. The lowest BCUT2D eigenvalue weighted by atomic mass is 10.2. The van der Waals surface area contributed by atoms with Crippen LogP contribution in [0.4, 0.5) is 0 Å². The maximum Gasteiger partial charge on any atom is 0.0647 e. The first kappa shape index (κ1) is 17.8. The molecule has 1 atom stereocenters. The van der Waals surface area contributed by atoms with Gasteiger partial charge in [0.25, 0.3) is 0 Å². The van der Waals surface area contributed by atoms with E-state index in [4.69, 9.17) is 14.2 Å². The predicted octanol–water partition coefficient (Wildman–Crippen LogP) is 2.17. The molecule has 0 aliphatic heterocycles. The monoisotopic (exact) mass is 261 g/mol. The Bertz CT molecular complexity index is 186. The number of hydrogen-bond acceptors (Lipinski definition) is 4. The van der Waals surface area contributed by atoms with E-state index < -0.39 is 0 Å². The van der Waals surface area contributed by atoms with Crippen LogP contribution in [0.25, 0.3) is 0 Å². The van der Waals surface area contributed by atoms with Crippen molar-refractivity contribution in [1.82, 2.24) is 4.90 Å². The molecule has 1 unspecified atom stereocenters. The van der Waals surface area contributed by atoms with E-state index in [-0.39, 0.29) is 6.10 Å². The maximum atomic E-state index is 5.75. The zero-order valence-corrected chi connectivity index (χ0v) is 12.9. The van der Waals surface area contributed by atoms with E-state index >= 15 is 0 Å². The highest BCUT2D eigenvalue weighted by molar-refractivity contribution is 4.75. The normalized spacial score (nSPS) is 13.8. The molecule has 0 heterocycles. The Morgan fingerprint density at radius 1 is 1.06 bits per heavy atom. The first-order chi connectivity index (χ1) is 8.52. The van der Waals surface area contributed by atoms with Gasteiger partial charge in [-0.25, -0.2) is 0 Å². The van der Waals surface area contributed by atoms with Gasteiger partial charge in [0.1, 0.15) is 0 Å². The van der Waals surface area contributed by atoms with Gasteiger partial charge in [-0.3, -0.25) is 4.90 Å². The Labute approximate surface area is 113 Å². The van der Waals surface area contributed by atoms with Gasteiger partial charge in [0, 0.05) is 26.3 Å². The van der Waals surface area contributed by atoms with Crippen LogP contribution >= 0.6 is 0 Å². The number of hydrogen-bond donors (Lipinski definition) is 0. The van der Waals surface area contributed by atoms with E-state index in [0.717, 1.165) is 19.8 Å². The SMILES string of the molecule is CCOCC(COC(C)C)N(CCOC)C(C)C. The van der Waals surface area contributed by atoms with Crippen molar-refractivity contribution < 1.29 is 14.2 Å². The summed E-state index contributed by atoms with van der Waals surface area (Å²) in [6.07, 6.45) is 0.255. The predicted molar refractivity (Wildman–Crippen MR) is 75.1 cm³/mol. The third kappa shape index (κ3) is 8.03. The number of ether oxygens (including phenoxy) is 3. The van der Waals surface area contributed by atoms with Crippen molar-refractivity contribution >= 4 is 0 Å². The molecule has 0 aromatic carbocycles. The summed E-state index contributed by atoms with van der Waals surface area (Å²) in [6, 6.07) is 0.754. The minimum absolute atomic E-state index is 0.255. The summed E-state index contributed by atoms with van der Waals surface area (Å²) in [5, 5.41) is 0. The first-order valence-electron chi connectivity index (χ1n) is 6.96. The lowest BCUT2D eigenvalue weighted by Crippen LogP contribution is -2.47. The van der Waals surface area contributed by atoms with E-state index in [9.17, 15) is 0 Å². The van der Waals surface area contributed by atoms with Crippen LogP contribution in [0.3, 0.4) is 0 Å². The highest BCUT2D eigenvalue weighted by Gasteiger charge is 2.21. The van der Waals surface area contributed by atoms with Gasteiger partial charge in [0.2, 0.25) is 0 Å². The fourth-order valence-corrected chi connectivity index (χ4v) is 1.86. The van der Waals surface area contributed by atoms with E-state index in [1.54, 1.807) is 7.11 Å². The zero-order valence-electron chi connectivity index (χ0n) is 12.9. The van der Waals surface area contributed by atoms with Crippen LogP contribution in [0.2, 0.25) is 0 Å². The largest absolute Gasteiger partial charge is 0.383 e. The third-order valence-corrected chi connectivity index (χ3v) is 2.82. The molecular formula is C14H31NO3. The molecule has 18 heavy (non-hydrogen) atoms. The van der Waals surface area contributed by atoms with Crippen molar-refractivity contribution in [3.8, 4) is 0 Å². The summed E-state index contributed by atoms with van der Waals surface area (Å²) < 4.78 is 16.5. The molecule has 4 nitrogen and oxygen atoms in total. The van der Waals surface area contributed by atoms with Gasteiger partial charge in [-0.1, -0.05) is 0 Å². The number of methoxy groups -OCH3 is 1. The topological polar surface area (TPSA) is 30.9 Å². The van der Waals surface area contributed by atoms with Crippen LogP contribution in [0.5, 0.6) is 0 Å². The second-order valence-corrected chi connectivity index (χ2v) is 5.02. The second kappa shape index (κ2) is 10.7. The van der Waals surface area contributed by atoms with Gasteiger partial charge in [-0.2, -0.15) is 0 Å². The van der Waals surface area contributed by atoms with Crippen molar-refractivity contribution in [2.75, 3.05) is 40.1 Å². The molecule has 0 aliphatic carbocycles. The maximum absolute atomic E-state index is 5.75. The molecule has 0 rings (SSSR count). The van der Waals surface area contributed by atoms with Gasteiger partial charge >= 0.3 is 0 Å². The van der Waals surface area contributed by atoms with Gasteiger partial charge in [-0.05, 0) is 34.6 Å². The van der Waals surface area contributed by atoms with Crippen molar-refractivity contribution in [1.29, 1.82) is 0 Å². The number of rotatable bonds is 11. The van der Waals surface area contributed by atoms with Crippen molar-refractivity contribution in [3.63, 3.8) is 0 Å². The minimum Gasteiger partial charge on any atom is -0.383 e. The lowest BCUT2D eigenvalue weighted by Gasteiger charge is -2.34. The van der Waals surface area contributed by atoms with Crippen LogP contribution < -0.4 is 0 Å². The van der Waals surface area contributed by atoms with Crippen molar-refractivity contribution in [3.05, 3.63) is 0 Å². The quantitative estimate of drug-likeness (QED) is 0.570. The van der Waals surface area contributed by atoms with Crippen LogP contribution in [0.15, 0.2) is 0 Å². The van der Waals surface area contributed by atoms with Gasteiger partial charge in [0.05, 0.1) is 32.0 Å². The smallest absolute Gasteiger partial charge is 0.0647 e. The molecule has 0 fully saturated rings. The highest BCUT2D eigenvalue weighted by atomic mass is 16.5. The van der Waals surface area contributed by atoms with Gasteiger partial charge in [-0.15, -0.1) is 0 Å². The number of nitrogens with zero attached hydrogens (tertiary/aromatic N) is 1. The molecule has 0 saturated heterocycles. The molecule has 0 N–H and O–H groups in total. The van der Waals surface area contributed by atoms with Crippen LogP contribution in [0, 0.1) is 0 Å². The lowest BCUT2D eigenvalue weighted by molar-refractivity contribution is -0.0278. The first-order valence-corrected chi connectivity index (χ1v) is 6.96. The molecule has 0 bridgehead atoms. The summed E-state index contributed by atoms with van der Waals surface area (Å²) in [7, 11) is 1.74. The Balaban J connectivity index is 4.41. The van der Waals surface area contributed by atoms with Crippen LogP contribution in [0.1, 0.15) is 34.6 Å². The summed E-state index contributed by atoms with van der Waals surface area (Å²) in [4.78, 5) is 2.39. The minimum atomic E-state index is 0.255. The Kier molecular flexibility index (Phi) is 10.6. The molecule has 0 aliphatic rings. The Hall–Kier alpha value is -0.160. The van der Waals surface area contributed by atoms with Gasteiger partial charge < -0.3 is 14.2 Å². The molecule has 4 heteroatoms. The molecule has 0 aromatic rings. The summed E-state index contributed by atoms with van der Waals surface area (Å²) in [6.45, 7) is 14.4. The third-order valence-electron chi connectivity index (χ3n) is 2.82. The van der Waals surface area contributed by atoms with Crippen molar-refractivity contribution in [2.24, 2.45) is 0 Å². The van der Waals surface area contributed by atoms with E-state index in [2.05, 4.69) is 32.6 Å². The molecule has 0 amide bonds. The Morgan fingerprint density at radius 3 is 2.17 bits per heavy atom. The second-order valence-electron chi connectivity index (χ2n) is 5.02. The summed E-state index contributed by atoms with van der Waals surface area (Å²) in [5.74, 6) is 0. The highest BCUT2D eigenvalue weighted by Crippen LogP contribution is 2.08. The van der Waals surface area contributed by atoms with Crippen molar-refractivity contribution in [2.45, 2.75) is 52.8 Å². The van der Waals surface area contributed by atoms with E-state index in [1.807, 2.05) is 6.92 Å². The fourth-order valence-electron chi connectivity index (χ4n) is 1.86. The van der Waals surface area contributed by atoms with Crippen LogP contribution in [-0.2, 0) is 14.2 Å². The molecular weight excluding hydrogens is 230 g/mol. The fraction of sp³-hybridized carbons (Fsp3) is 1.00.